The molecule has 26 heavy (non-hydrogen) atoms. The summed E-state index contributed by atoms with van der Waals surface area (Å²) >= 11 is 0. The molecule has 0 amide bonds. The van der Waals surface area contributed by atoms with E-state index in [1.165, 1.54) is 30.5 Å². The van der Waals surface area contributed by atoms with Gasteiger partial charge in [-0.1, -0.05) is 12.1 Å². The van der Waals surface area contributed by atoms with Crippen LogP contribution in [0.25, 0.3) is 11.1 Å². The Morgan fingerprint density at radius 2 is 1.88 bits per heavy atom. The number of carbonyl (C=O) groups excluding carboxylic acids is 1. The van der Waals surface area contributed by atoms with E-state index in [-0.39, 0.29) is 16.5 Å². The zero-order chi connectivity index (χ0) is 18.6. The zero-order valence-corrected chi connectivity index (χ0v) is 14.5. The number of benzene rings is 2. The SMILES string of the molecule is O=CC(C=Nc1ccc(S(=O)(=O)CCO)cc1)c1nc2ccccc2o1. The molecular formula is C18H16N2O5S. The van der Waals surface area contributed by atoms with Gasteiger partial charge in [0.25, 0.3) is 0 Å². The van der Waals surface area contributed by atoms with Crippen LogP contribution in [0.15, 0.2) is 62.8 Å². The summed E-state index contributed by atoms with van der Waals surface area (Å²) in [5.41, 5.74) is 1.72. The summed E-state index contributed by atoms with van der Waals surface area (Å²) in [5.74, 6) is -0.840. The first-order chi connectivity index (χ1) is 12.5. The number of carbonyl (C=O) groups is 1. The third-order valence-electron chi connectivity index (χ3n) is 3.68. The monoisotopic (exact) mass is 372 g/mol. The van der Waals surface area contributed by atoms with Gasteiger partial charge in [-0.25, -0.2) is 13.4 Å². The van der Waals surface area contributed by atoms with Crippen LogP contribution >= 0.6 is 0 Å². The lowest BCUT2D eigenvalue weighted by atomic mass is 10.2. The van der Waals surface area contributed by atoms with Crippen LogP contribution in [0, 0.1) is 0 Å². The maximum absolute atomic E-state index is 11.9. The summed E-state index contributed by atoms with van der Waals surface area (Å²) in [6.45, 7) is -0.437. The smallest absolute Gasteiger partial charge is 0.211 e. The minimum Gasteiger partial charge on any atom is -0.440 e. The van der Waals surface area contributed by atoms with E-state index in [2.05, 4.69) is 9.98 Å². The van der Waals surface area contributed by atoms with E-state index in [9.17, 15) is 13.2 Å². The van der Waals surface area contributed by atoms with E-state index in [0.717, 1.165) is 0 Å². The molecule has 1 N–H and O–H groups in total. The first-order valence-electron chi connectivity index (χ1n) is 7.82. The molecule has 0 saturated carbocycles. The second-order valence-corrected chi connectivity index (χ2v) is 7.61. The van der Waals surface area contributed by atoms with E-state index in [1.54, 1.807) is 12.1 Å². The molecule has 0 spiro atoms. The summed E-state index contributed by atoms with van der Waals surface area (Å²) in [7, 11) is -3.50. The van der Waals surface area contributed by atoms with Crippen molar-refractivity contribution in [2.24, 2.45) is 4.99 Å². The van der Waals surface area contributed by atoms with E-state index in [4.69, 9.17) is 9.52 Å². The molecule has 0 aliphatic rings. The average Bonchev–Trinajstić information content (AvgIpc) is 3.06. The highest BCUT2D eigenvalue weighted by atomic mass is 32.2. The Balaban J connectivity index is 1.80. The number of aliphatic hydroxyl groups excluding tert-OH is 1. The van der Waals surface area contributed by atoms with Gasteiger partial charge < -0.3 is 14.3 Å². The van der Waals surface area contributed by atoms with Gasteiger partial charge in [-0.3, -0.25) is 4.99 Å². The molecule has 0 radical (unpaired) electrons. The third-order valence-corrected chi connectivity index (χ3v) is 5.39. The highest BCUT2D eigenvalue weighted by Crippen LogP contribution is 2.21. The van der Waals surface area contributed by atoms with Crippen molar-refractivity contribution in [3.8, 4) is 0 Å². The molecule has 0 aliphatic carbocycles. The second-order valence-electron chi connectivity index (χ2n) is 5.50. The Bertz CT molecular complexity index is 1010. The Kier molecular flexibility index (Phi) is 5.24. The van der Waals surface area contributed by atoms with Crippen molar-refractivity contribution in [2.75, 3.05) is 12.4 Å². The number of oxazole rings is 1. The van der Waals surface area contributed by atoms with Gasteiger partial charge in [0.15, 0.2) is 15.4 Å². The lowest BCUT2D eigenvalue weighted by Crippen LogP contribution is -2.09. The number of rotatable bonds is 7. The van der Waals surface area contributed by atoms with Crippen molar-refractivity contribution in [1.29, 1.82) is 0 Å². The molecule has 3 aromatic rings. The number of sulfone groups is 1. The molecule has 2 aromatic carbocycles. The van der Waals surface area contributed by atoms with Gasteiger partial charge in [0.2, 0.25) is 5.89 Å². The molecular weight excluding hydrogens is 356 g/mol. The van der Waals surface area contributed by atoms with Crippen LogP contribution < -0.4 is 0 Å². The fourth-order valence-electron chi connectivity index (χ4n) is 2.33. The fourth-order valence-corrected chi connectivity index (χ4v) is 3.36. The summed E-state index contributed by atoms with van der Waals surface area (Å²) in [6, 6.07) is 13.0. The van der Waals surface area contributed by atoms with Crippen molar-refractivity contribution in [3.63, 3.8) is 0 Å². The van der Waals surface area contributed by atoms with Crippen molar-refractivity contribution in [2.45, 2.75) is 10.8 Å². The second kappa shape index (κ2) is 7.59. The number of aliphatic hydroxyl groups is 1. The van der Waals surface area contributed by atoms with Crippen molar-refractivity contribution in [3.05, 3.63) is 54.4 Å². The van der Waals surface area contributed by atoms with E-state index in [0.29, 0.717) is 23.1 Å². The number of hydrogen-bond donors (Lipinski definition) is 1. The number of fused-ring (bicyclic) bond motifs is 1. The molecule has 0 fully saturated rings. The van der Waals surface area contributed by atoms with E-state index in [1.807, 2.05) is 12.1 Å². The van der Waals surface area contributed by atoms with Crippen LogP contribution in [0.4, 0.5) is 5.69 Å². The third kappa shape index (κ3) is 3.87. The van der Waals surface area contributed by atoms with Crippen LogP contribution in [-0.4, -0.2) is 43.4 Å². The minimum absolute atomic E-state index is 0.108. The molecule has 1 heterocycles. The largest absolute Gasteiger partial charge is 0.440 e. The predicted molar refractivity (Wildman–Crippen MR) is 96.5 cm³/mol. The number of hydrogen-bond acceptors (Lipinski definition) is 7. The van der Waals surface area contributed by atoms with Gasteiger partial charge in [-0.05, 0) is 36.4 Å². The molecule has 1 atom stereocenters. The quantitative estimate of drug-likeness (QED) is 0.503. The summed E-state index contributed by atoms with van der Waals surface area (Å²) in [4.78, 5) is 19.9. The Hall–Kier alpha value is -2.84. The number of nitrogens with zero attached hydrogens (tertiary/aromatic N) is 2. The summed E-state index contributed by atoms with van der Waals surface area (Å²) in [5, 5.41) is 8.80. The molecule has 1 unspecified atom stereocenters. The first-order valence-corrected chi connectivity index (χ1v) is 9.47. The molecule has 3 rings (SSSR count). The van der Waals surface area contributed by atoms with Crippen molar-refractivity contribution in [1.82, 2.24) is 4.98 Å². The van der Waals surface area contributed by atoms with Gasteiger partial charge in [0.05, 0.1) is 22.9 Å². The van der Waals surface area contributed by atoms with Gasteiger partial charge >= 0.3 is 0 Å². The average molecular weight is 372 g/mol. The molecule has 8 heteroatoms. The number of aldehydes is 1. The van der Waals surface area contributed by atoms with Crippen LogP contribution in [0.5, 0.6) is 0 Å². The lowest BCUT2D eigenvalue weighted by Gasteiger charge is -2.03. The normalized spacial score (nSPS) is 13.3. The molecule has 7 nitrogen and oxygen atoms in total. The van der Waals surface area contributed by atoms with Crippen LogP contribution in [-0.2, 0) is 14.6 Å². The molecule has 134 valence electrons. The predicted octanol–water partition coefficient (Wildman–Crippen LogP) is 2.28. The number of aliphatic imine (C=N–C) groups is 1. The van der Waals surface area contributed by atoms with E-state index >= 15 is 0 Å². The lowest BCUT2D eigenvalue weighted by molar-refractivity contribution is -0.108. The number of aromatic nitrogens is 1. The summed E-state index contributed by atoms with van der Waals surface area (Å²) < 4.78 is 29.3. The van der Waals surface area contributed by atoms with Gasteiger partial charge in [0.1, 0.15) is 17.7 Å². The van der Waals surface area contributed by atoms with Crippen LogP contribution in [0.2, 0.25) is 0 Å². The van der Waals surface area contributed by atoms with Crippen molar-refractivity contribution >= 4 is 39.1 Å². The van der Waals surface area contributed by atoms with Crippen molar-refractivity contribution < 1.29 is 22.7 Å². The molecule has 0 bridgehead atoms. The number of para-hydroxylation sites is 2. The standard InChI is InChI=1S/C18H16N2O5S/c21-9-10-26(23,24)15-7-5-14(6-8-15)19-11-13(12-22)18-20-16-3-1-2-4-17(16)25-18/h1-8,11-13,21H,9-10H2. The maximum atomic E-state index is 11.9. The molecule has 1 aromatic heterocycles. The molecule has 0 saturated heterocycles. The van der Waals surface area contributed by atoms with E-state index < -0.39 is 22.4 Å². The van der Waals surface area contributed by atoms with Crippen LogP contribution in [0.1, 0.15) is 11.8 Å². The van der Waals surface area contributed by atoms with Gasteiger partial charge in [-0.15, -0.1) is 0 Å². The Labute approximate surface area is 149 Å². The Morgan fingerprint density at radius 1 is 1.15 bits per heavy atom. The fraction of sp³-hybridized carbons (Fsp3) is 0.167. The van der Waals surface area contributed by atoms with Gasteiger partial charge in [-0.2, -0.15) is 0 Å². The van der Waals surface area contributed by atoms with Gasteiger partial charge in [0, 0.05) is 6.21 Å². The summed E-state index contributed by atoms with van der Waals surface area (Å²) in [6.07, 6.45) is 2.07. The first kappa shape index (κ1) is 18.0. The Morgan fingerprint density at radius 3 is 2.54 bits per heavy atom. The topological polar surface area (TPSA) is 110 Å². The van der Waals surface area contributed by atoms with Crippen LogP contribution in [0.3, 0.4) is 0 Å². The highest BCUT2D eigenvalue weighted by Gasteiger charge is 2.16. The zero-order valence-electron chi connectivity index (χ0n) is 13.6. The minimum atomic E-state index is -3.50. The maximum Gasteiger partial charge on any atom is 0.211 e. The molecule has 0 aliphatic heterocycles. The highest BCUT2D eigenvalue weighted by molar-refractivity contribution is 7.91.